The van der Waals surface area contributed by atoms with E-state index in [-0.39, 0.29) is 18.7 Å². The summed E-state index contributed by atoms with van der Waals surface area (Å²) in [7, 11) is 0. The second kappa shape index (κ2) is 7.88. The zero-order valence-electron chi connectivity index (χ0n) is 13.5. The Morgan fingerprint density at radius 3 is 2.62 bits per heavy atom. The van der Waals surface area contributed by atoms with E-state index in [2.05, 4.69) is 5.32 Å². The third-order valence-electron chi connectivity index (χ3n) is 3.52. The monoisotopic (exact) mass is 335 g/mol. The van der Waals surface area contributed by atoms with Crippen LogP contribution in [0.25, 0.3) is 0 Å². The average Bonchev–Trinajstić information content (AvgIpc) is 2.56. The molecule has 2 rings (SSSR count). The highest BCUT2D eigenvalue weighted by atomic mass is 19.2. The molecule has 0 aromatic heterocycles. The Morgan fingerprint density at radius 1 is 1.17 bits per heavy atom. The van der Waals surface area contributed by atoms with Gasteiger partial charge in [-0.2, -0.15) is 0 Å². The molecule has 6 heteroatoms. The Bertz CT molecular complexity index is 734. The van der Waals surface area contributed by atoms with Crippen molar-refractivity contribution in [3.8, 4) is 5.75 Å². The van der Waals surface area contributed by atoms with Crippen LogP contribution < -0.4 is 10.1 Å². The number of aryl methyl sites for hydroxylation is 2. The van der Waals surface area contributed by atoms with Crippen LogP contribution in [0.3, 0.4) is 0 Å². The van der Waals surface area contributed by atoms with Crippen molar-refractivity contribution in [1.82, 2.24) is 5.32 Å². The first-order valence-electron chi connectivity index (χ1n) is 7.46. The molecule has 0 bridgehead atoms. The lowest BCUT2D eigenvalue weighted by atomic mass is 10.1. The molecule has 0 aliphatic rings. The van der Waals surface area contributed by atoms with Crippen molar-refractivity contribution >= 4 is 5.91 Å². The lowest BCUT2D eigenvalue weighted by Crippen LogP contribution is -2.32. The maximum Gasteiger partial charge on any atom is 0.258 e. The van der Waals surface area contributed by atoms with Crippen LogP contribution >= 0.6 is 0 Å². The Hall–Kier alpha value is -2.47. The number of halogens is 2. The number of aliphatic hydroxyl groups is 1. The summed E-state index contributed by atoms with van der Waals surface area (Å²) in [6, 6.07) is 8.77. The summed E-state index contributed by atoms with van der Waals surface area (Å²) in [5, 5.41) is 12.4. The first-order valence-corrected chi connectivity index (χ1v) is 7.46. The van der Waals surface area contributed by atoms with E-state index >= 15 is 0 Å². The van der Waals surface area contributed by atoms with Gasteiger partial charge in [0, 0.05) is 6.54 Å². The van der Waals surface area contributed by atoms with Crippen LogP contribution in [0.1, 0.15) is 22.8 Å². The molecule has 0 saturated carbocycles. The highest BCUT2D eigenvalue weighted by molar-refractivity contribution is 5.77. The normalized spacial score (nSPS) is 11.9. The van der Waals surface area contributed by atoms with Crippen LogP contribution in [-0.4, -0.2) is 24.2 Å². The SMILES string of the molecule is Cc1ccc(C)c(OCC(=O)NCC(O)c2ccc(F)c(F)c2)c1. The van der Waals surface area contributed by atoms with Crippen molar-refractivity contribution < 1.29 is 23.4 Å². The number of benzene rings is 2. The van der Waals surface area contributed by atoms with E-state index in [9.17, 15) is 18.7 Å². The van der Waals surface area contributed by atoms with Crippen molar-refractivity contribution in [2.75, 3.05) is 13.2 Å². The van der Waals surface area contributed by atoms with Gasteiger partial charge in [0.25, 0.3) is 5.91 Å². The van der Waals surface area contributed by atoms with E-state index in [4.69, 9.17) is 4.74 Å². The van der Waals surface area contributed by atoms with Gasteiger partial charge in [-0.3, -0.25) is 4.79 Å². The summed E-state index contributed by atoms with van der Waals surface area (Å²) >= 11 is 0. The molecule has 1 atom stereocenters. The number of nitrogens with one attached hydrogen (secondary N) is 1. The van der Waals surface area contributed by atoms with Gasteiger partial charge in [-0.1, -0.05) is 18.2 Å². The second-order valence-electron chi connectivity index (χ2n) is 5.55. The van der Waals surface area contributed by atoms with Crippen LogP contribution in [0.5, 0.6) is 5.75 Å². The minimum absolute atomic E-state index is 0.125. The first-order chi connectivity index (χ1) is 11.4. The van der Waals surface area contributed by atoms with Crippen molar-refractivity contribution in [2.45, 2.75) is 20.0 Å². The molecule has 0 radical (unpaired) electrons. The summed E-state index contributed by atoms with van der Waals surface area (Å²) in [6.07, 6.45) is -1.13. The van der Waals surface area contributed by atoms with E-state index < -0.39 is 23.6 Å². The van der Waals surface area contributed by atoms with Crippen molar-refractivity contribution in [3.63, 3.8) is 0 Å². The van der Waals surface area contributed by atoms with E-state index in [0.29, 0.717) is 5.75 Å². The second-order valence-corrected chi connectivity index (χ2v) is 5.55. The number of hydrogen-bond acceptors (Lipinski definition) is 3. The lowest BCUT2D eigenvalue weighted by molar-refractivity contribution is -0.123. The zero-order valence-corrected chi connectivity index (χ0v) is 13.5. The molecule has 1 unspecified atom stereocenters. The molecular weight excluding hydrogens is 316 g/mol. The maximum atomic E-state index is 13.1. The zero-order chi connectivity index (χ0) is 17.7. The van der Waals surface area contributed by atoms with Gasteiger partial charge in [-0.05, 0) is 48.7 Å². The molecule has 2 aromatic rings. The Balaban J connectivity index is 1.84. The van der Waals surface area contributed by atoms with Crippen LogP contribution in [0.15, 0.2) is 36.4 Å². The Labute approximate surface area is 139 Å². The highest BCUT2D eigenvalue weighted by Gasteiger charge is 2.13. The largest absolute Gasteiger partial charge is 0.483 e. The summed E-state index contributed by atoms with van der Waals surface area (Å²) in [5.41, 5.74) is 2.12. The lowest BCUT2D eigenvalue weighted by Gasteiger charge is -2.14. The first kappa shape index (κ1) is 17.9. The van der Waals surface area contributed by atoms with E-state index in [1.165, 1.54) is 6.07 Å². The predicted molar refractivity (Wildman–Crippen MR) is 85.7 cm³/mol. The number of carbonyl (C=O) groups excluding carboxylic acids is 1. The van der Waals surface area contributed by atoms with Gasteiger partial charge < -0.3 is 15.2 Å². The summed E-state index contributed by atoms with van der Waals surface area (Å²) in [6.45, 7) is 3.47. The van der Waals surface area contributed by atoms with Gasteiger partial charge in [0.15, 0.2) is 18.2 Å². The van der Waals surface area contributed by atoms with E-state index in [1.807, 2.05) is 32.0 Å². The molecule has 24 heavy (non-hydrogen) atoms. The molecule has 0 saturated heterocycles. The van der Waals surface area contributed by atoms with Crippen molar-refractivity contribution in [2.24, 2.45) is 0 Å². The van der Waals surface area contributed by atoms with Gasteiger partial charge in [-0.25, -0.2) is 8.78 Å². The molecule has 0 aliphatic carbocycles. The van der Waals surface area contributed by atoms with E-state index in [0.717, 1.165) is 23.3 Å². The Morgan fingerprint density at radius 2 is 1.92 bits per heavy atom. The van der Waals surface area contributed by atoms with Gasteiger partial charge >= 0.3 is 0 Å². The van der Waals surface area contributed by atoms with Gasteiger partial charge in [0.2, 0.25) is 0 Å². The molecule has 4 nitrogen and oxygen atoms in total. The fourth-order valence-corrected chi connectivity index (χ4v) is 2.11. The molecule has 2 N–H and O–H groups in total. The number of rotatable bonds is 6. The number of ether oxygens (including phenoxy) is 1. The summed E-state index contributed by atoms with van der Waals surface area (Å²) in [5.74, 6) is -1.84. The fraction of sp³-hybridized carbons (Fsp3) is 0.278. The third-order valence-corrected chi connectivity index (χ3v) is 3.52. The molecule has 0 fully saturated rings. The third kappa shape index (κ3) is 4.76. The van der Waals surface area contributed by atoms with Crippen LogP contribution in [-0.2, 0) is 4.79 Å². The molecule has 1 amide bonds. The van der Waals surface area contributed by atoms with Crippen LogP contribution in [0.2, 0.25) is 0 Å². The molecule has 2 aromatic carbocycles. The van der Waals surface area contributed by atoms with Gasteiger partial charge in [-0.15, -0.1) is 0 Å². The highest BCUT2D eigenvalue weighted by Crippen LogP contribution is 2.19. The standard InChI is InChI=1S/C18H19F2NO3/c1-11-3-4-12(2)17(7-11)24-10-18(23)21-9-16(22)13-5-6-14(19)15(20)8-13/h3-8,16,22H,9-10H2,1-2H3,(H,21,23). The topological polar surface area (TPSA) is 58.6 Å². The minimum atomic E-state index is -1.13. The fourth-order valence-electron chi connectivity index (χ4n) is 2.11. The van der Waals surface area contributed by atoms with Gasteiger partial charge in [0.05, 0.1) is 6.10 Å². The number of hydrogen-bond donors (Lipinski definition) is 2. The van der Waals surface area contributed by atoms with Crippen LogP contribution in [0, 0.1) is 25.5 Å². The number of carbonyl (C=O) groups is 1. The maximum absolute atomic E-state index is 13.1. The van der Waals surface area contributed by atoms with Crippen molar-refractivity contribution in [1.29, 1.82) is 0 Å². The average molecular weight is 335 g/mol. The Kier molecular flexibility index (Phi) is 5.87. The van der Waals surface area contributed by atoms with E-state index in [1.54, 1.807) is 0 Å². The van der Waals surface area contributed by atoms with Crippen molar-refractivity contribution in [3.05, 3.63) is 64.7 Å². The van der Waals surface area contributed by atoms with Crippen LogP contribution in [0.4, 0.5) is 8.78 Å². The molecule has 0 heterocycles. The molecule has 0 aliphatic heterocycles. The predicted octanol–water partition coefficient (Wildman–Crippen LogP) is 2.81. The summed E-state index contributed by atoms with van der Waals surface area (Å²) < 4.78 is 31.4. The quantitative estimate of drug-likeness (QED) is 0.853. The molecular formula is C18H19F2NO3. The minimum Gasteiger partial charge on any atom is -0.483 e. The summed E-state index contributed by atoms with van der Waals surface area (Å²) in [4.78, 5) is 11.8. The number of amides is 1. The van der Waals surface area contributed by atoms with Gasteiger partial charge in [0.1, 0.15) is 5.75 Å². The smallest absolute Gasteiger partial charge is 0.258 e. The molecule has 128 valence electrons. The molecule has 0 spiro atoms. The number of aliphatic hydroxyl groups excluding tert-OH is 1.